The fourth-order valence-electron chi connectivity index (χ4n) is 2.05. The van der Waals surface area contributed by atoms with Gasteiger partial charge in [0.15, 0.2) is 0 Å². The Balaban J connectivity index is 1.85. The van der Waals surface area contributed by atoms with Gasteiger partial charge in [0, 0.05) is 24.8 Å². The van der Waals surface area contributed by atoms with Crippen LogP contribution in [0, 0.1) is 5.92 Å². The van der Waals surface area contributed by atoms with E-state index in [0.29, 0.717) is 6.04 Å². The summed E-state index contributed by atoms with van der Waals surface area (Å²) < 4.78 is 0. The number of rotatable bonds is 1. The molecule has 2 rings (SSSR count). The summed E-state index contributed by atoms with van der Waals surface area (Å²) >= 11 is 2.07. The fraction of sp³-hybridized carbons (Fsp3) is 0.909. The summed E-state index contributed by atoms with van der Waals surface area (Å²) in [6, 6.07) is 0.678. The summed E-state index contributed by atoms with van der Waals surface area (Å²) in [4.78, 5) is 4.62. The van der Waals surface area contributed by atoms with Crippen molar-refractivity contribution in [1.82, 2.24) is 5.32 Å². The minimum atomic E-state index is 0.678. The third-order valence-corrected chi connectivity index (χ3v) is 4.45. The van der Waals surface area contributed by atoms with E-state index in [1.807, 2.05) is 0 Å². The van der Waals surface area contributed by atoms with Crippen LogP contribution >= 0.6 is 11.8 Å². The molecule has 0 radical (unpaired) electrons. The molecule has 2 aliphatic rings. The van der Waals surface area contributed by atoms with Gasteiger partial charge in [-0.1, -0.05) is 13.3 Å². The Hall–Kier alpha value is -0.180. The van der Waals surface area contributed by atoms with Gasteiger partial charge in [-0.25, -0.2) is 0 Å². The monoisotopic (exact) mass is 212 g/mol. The highest BCUT2D eigenvalue weighted by Crippen LogP contribution is 2.23. The molecule has 1 saturated heterocycles. The number of hydrogen-bond donors (Lipinski definition) is 1. The molecule has 3 heteroatoms. The molecular formula is C11H20N2S. The van der Waals surface area contributed by atoms with E-state index in [1.165, 1.54) is 43.0 Å². The molecule has 2 unspecified atom stereocenters. The zero-order valence-electron chi connectivity index (χ0n) is 8.96. The standard InChI is InChI=1S/C11H20N2S/c1-9-7-14-8-10(9)13-11-5-3-2-4-6-12-11/h9-10H,2-8H2,1H3,(H,12,13). The summed E-state index contributed by atoms with van der Waals surface area (Å²) in [6.07, 6.45) is 5.12. The van der Waals surface area contributed by atoms with Gasteiger partial charge in [-0.2, -0.15) is 11.8 Å². The van der Waals surface area contributed by atoms with Crippen LogP contribution in [0.15, 0.2) is 4.99 Å². The quantitative estimate of drug-likeness (QED) is 0.721. The van der Waals surface area contributed by atoms with Crippen molar-refractivity contribution in [1.29, 1.82) is 0 Å². The smallest absolute Gasteiger partial charge is 0.0965 e. The van der Waals surface area contributed by atoms with Crippen molar-refractivity contribution < 1.29 is 0 Å². The molecule has 2 heterocycles. The molecular weight excluding hydrogens is 192 g/mol. The van der Waals surface area contributed by atoms with E-state index in [0.717, 1.165) is 12.5 Å². The van der Waals surface area contributed by atoms with Crippen LogP contribution in [0.4, 0.5) is 0 Å². The zero-order chi connectivity index (χ0) is 9.80. The van der Waals surface area contributed by atoms with E-state index < -0.39 is 0 Å². The number of amidine groups is 1. The van der Waals surface area contributed by atoms with Crippen LogP contribution in [0.5, 0.6) is 0 Å². The minimum absolute atomic E-state index is 0.678. The molecule has 1 N–H and O–H groups in total. The maximum Gasteiger partial charge on any atom is 0.0965 e. The van der Waals surface area contributed by atoms with Crippen LogP contribution in [0.3, 0.4) is 0 Å². The number of thioether (sulfide) groups is 1. The predicted molar refractivity (Wildman–Crippen MR) is 64.2 cm³/mol. The summed E-state index contributed by atoms with van der Waals surface area (Å²) in [7, 11) is 0. The van der Waals surface area contributed by atoms with Gasteiger partial charge >= 0.3 is 0 Å². The Morgan fingerprint density at radius 3 is 3.00 bits per heavy atom. The largest absolute Gasteiger partial charge is 0.370 e. The molecule has 0 aromatic rings. The molecule has 0 spiro atoms. The topological polar surface area (TPSA) is 24.4 Å². The first kappa shape index (κ1) is 10.3. The van der Waals surface area contributed by atoms with Crippen LogP contribution in [-0.4, -0.2) is 29.9 Å². The Morgan fingerprint density at radius 1 is 1.29 bits per heavy atom. The molecule has 2 aliphatic heterocycles. The normalized spacial score (nSPS) is 33.6. The molecule has 1 fully saturated rings. The first-order valence-corrected chi connectivity index (χ1v) is 6.89. The van der Waals surface area contributed by atoms with Crippen molar-refractivity contribution in [3.8, 4) is 0 Å². The van der Waals surface area contributed by atoms with Crippen molar-refractivity contribution in [3.05, 3.63) is 0 Å². The highest BCUT2D eigenvalue weighted by Gasteiger charge is 2.24. The molecule has 0 aromatic heterocycles. The molecule has 2 nitrogen and oxygen atoms in total. The molecule has 0 amide bonds. The van der Waals surface area contributed by atoms with E-state index in [2.05, 4.69) is 29.0 Å². The Morgan fingerprint density at radius 2 is 2.21 bits per heavy atom. The van der Waals surface area contributed by atoms with Gasteiger partial charge in [0.2, 0.25) is 0 Å². The molecule has 0 bridgehead atoms. The SMILES string of the molecule is CC1CSCC1NC1=NCCCCC1. The fourth-order valence-corrected chi connectivity index (χ4v) is 3.46. The van der Waals surface area contributed by atoms with Crippen molar-refractivity contribution in [2.75, 3.05) is 18.1 Å². The summed E-state index contributed by atoms with van der Waals surface area (Å²) in [6.45, 7) is 3.38. The summed E-state index contributed by atoms with van der Waals surface area (Å²) in [5.41, 5.74) is 0. The third-order valence-electron chi connectivity index (χ3n) is 3.09. The number of hydrogen-bond acceptors (Lipinski definition) is 3. The van der Waals surface area contributed by atoms with Crippen LogP contribution in [0.2, 0.25) is 0 Å². The van der Waals surface area contributed by atoms with Gasteiger partial charge in [-0.3, -0.25) is 4.99 Å². The van der Waals surface area contributed by atoms with Gasteiger partial charge in [-0.15, -0.1) is 0 Å². The second kappa shape index (κ2) is 5.06. The molecule has 0 saturated carbocycles. The maximum atomic E-state index is 4.62. The predicted octanol–water partition coefficient (Wildman–Crippen LogP) is 2.30. The Labute approximate surface area is 90.9 Å². The van der Waals surface area contributed by atoms with Gasteiger partial charge < -0.3 is 5.32 Å². The molecule has 14 heavy (non-hydrogen) atoms. The van der Waals surface area contributed by atoms with E-state index >= 15 is 0 Å². The highest BCUT2D eigenvalue weighted by atomic mass is 32.2. The van der Waals surface area contributed by atoms with Gasteiger partial charge in [0.1, 0.15) is 0 Å². The lowest BCUT2D eigenvalue weighted by Crippen LogP contribution is -2.38. The first-order chi connectivity index (χ1) is 6.86. The summed E-state index contributed by atoms with van der Waals surface area (Å²) in [5, 5.41) is 3.64. The first-order valence-electron chi connectivity index (χ1n) is 5.74. The molecule has 80 valence electrons. The van der Waals surface area contributed by atoms with Crippen molar-refractivity contribution in [3.63, 3.8) is 0 Å². The van der Waals surface area contributed by atoms with E-state index in [1.54, 1.807) is 0 Å². The number of nitrogens with one attached hydrogen (secondary N) is 1. The van der Waals surface area contributed by atoms with Crippen molar-refractivity contribution in [2.45, 2.75) is 38.6 Å². The minimum Gasteiger partial charge on any atom is -0.370 e. The summed E-state index contributed by atoms with van der Waals surface area (Å²) in [5.74, 6) is 4.67. The van der Waals surface area contributed by atoms with Crippen LogP contribution in [0.25, 0.3) is 0 Å². The number of nitrogens with zero attached hydrogens (tertiary/aromatic N) is 1. The average molecular weight is 212 g/mol. The van der Waals surface area contributed by atoms with Crippen molar-refractivity contribution >= 4 is 17.6 Å². The van der Waals surface area contributed by atoms with Crippen LogP contribution in [0.1, 0.15) is 32.6 Å². The molecule has 0 aliphatic carbocycles. The van der Waals surface area contributed by atoms with E-state index in [-0.39, 0.29) is 0 Å². The van der Waals surface area contributed by atoms with Gasteiger partial charge in [0.05, 0.1) is 5.84 Å². The number of aliphatic imine (C=N–C) groups is 1. The van der Waals surface area contributed by atoms with Gasteiger partial charge in [-0.05, 0) is 24.5 Å². The second-order valence-electron chi connectivity index (χ2n) is 4.40. The molecule has 2 atom stereocenters. The maximum absolute atomic E-state index is 4.62. The lowest BCUT2D eigenvalue weighted by atomic mass is 10.1. The molecule has 0 aromatic carbocycles. The third kappa shape index (κ3) is 2.66. The van der Waals surface area contributed by atoms with Crippen LogP contribution in [-0.2, 0) is 0 Å². The lowest BCUT2D eigenvalue weighted by molar-refractivity contribution is 0.517. The zero-order valence-corrected chi connectivity index (χ0v) is 9.78. The van der Waals surface area contributed by atoms with Gasteiger partial charge in [0.25, 0.3) is 0 Å². The highest BCUT2D eigenvalue weighted by molar-refractivity contribution is 7.99. The van der Waals surface area contributed by atoms with E-state index in [9.17, 15) is 0 Å². The Bertz CT molecular complexity index is 215. The van der Waals surface area contributed by atoms with E-state index in [4.69, 9.17) is 0 Å². The van der Waals surface area contributed by atoms with Crippen LogP contribution < -0.4 is 5.32 Å². The second-order valence-corrected chi connectivity index (χ2v) is 5.48. The Kier molecular flexibility index (Phi) is 3.74. The average Bonchev–Trinajstić information content (AvgIpc) is 2.44. The lowest BCUT2D eigenvalue weighted by Gasteiger charge is -2.18. The van der Waals surface area contributed by atoms with Crippen molar-refractivity contribution in [2.24, 2.45) is 10.9 Å².